The maximum Gasteiger partial charge on any atom is 0.315 e. The van der Waals surface area contributed by atoms with E-state index in [1.807, 2.05) is 12.1 Å². The van der Waals surface area contributed by atoms with Crippen LogP contribution < -0.4 is 5.32 Å². The molecule has 2 saturated carbocycles. The number of hydrogen-bond donors (Lipinski definition) is 1. The van der Waals surface area contributed by atoms with Crippen molar-refractivity contribution in [1.29, 1.82) is 0 Å². The van der Waals surface area contributed by atoms with E-state index in [0.717, 1.165) is 50.0 Å². The summed E-state index contributed by atoms with van der Waals surface area (Å²) in [4.78, 5) is 0. The Morgan fingerprint density at radius 1 is 1.13 bits per heavy atom. The number of hydrogen-bond acceptors (Lipinski definition) is 4. The van der Waals surface area contributed by atoms with E-state index in [1.165, 1.54) is 6.42 Å². The molecule has 0 unspecified atom stereocenters. The number of rotatable bonds is 5. The van der Waals surface area contributed by atoms with Crippen molar-refractivity contribution in [2.75, 3.05) is 11.9 Å². The van der Waals surface area contributed by atoms with Gasteiger partial charge in [0.15, 0.2) is 0 Å². The fraction of sp³-hybridized carbons (Fsp3) is 0.556. The molecule has 0 radical (unpaired) electrons. The lowest BCUT2D eigenvalue weighted by Gasteiger charge is -2.30. The highest BCUT2D eigenvalue weighted by atomic mass is 19.1. The smallest absolute Gasteiger partial charge is 0.315 e. The molecule has 0 amide bonds. The largest absolute Gasteiger partial charge is 0.408 e. The van der Waals surface area contributed by atoms with Crippen LogP contribution in [0.15, 0.2) is 28.7 Å². The quantitative estimate of drug-likeness (QED) is 0.888. The van der Waals surface area contributed by atoms with Gasteiger partial charge in [-0.25, -0.2) is 4.39 Å². The Hall–Kier alpha value is -1.91. The minimum absolute atomic E-state index is 0.114. The van der Waals surface area contributed by atoms with Crippen LogP contribution in [-0.4, -0.2) is 16.7 Å². The van der Waals surface area contributed by atoms with E-state index in [1.54, 1.807) is 12.1 Å². The van der Waals surface area contributed by atoms with Crippen molar-refractivity contribution in [2.45, 2.75) is 56.3 Å². The molecule has 0 bridgehead atoms. The van der Waals surface area contributed by atoms with Crippen molar-refractivity contribution in [2.24, 2.45) is 0 Å². The summed E-state index contributed by atoms with van der Waals surface area (Å²) in [5.74, 6) is 1.06. The van der Waals surface area contributed by atoms with Crippen molar-refractivity contribution in [3.05, 3.63) is 41.5 Å². The third-order valence-electron chi connectivity index (χ3n) is 5.48. The molecule has 122 valence electrons. The van der Waals surface area contributed by atoms with Gasteiger partial charge in [0.25, 0.3) is 0 Å². The minimum Gasteiger partial charge on any atom is -0.408 e. The predicted octanol–water partition coefficient (Wildman–Crippen LogP) is 4.40. The fourth-order valence-electron chi connectivity index (χ4n) is 3.86. The van der Waals surface area contributed by atoms with Gasteiger partial charge in [-0.15, -0.1) is 5.10 Å². The average Bonchev–Trinajstić information content (AvgIpc) is 3.14. The van der Waals surface area contributed by atoms with E-state index >= 15 is 0 Å². The van der Waals surface area contributed by atoms with Gasteiger partial charge in [0, 0.05) is 17.9 Å². The molecule has 1 aromatic carbocycles. The lowest BCUT2D eigenvalue weighted by molar-refractivity contribution is 0.337. The van der Waals surface area contributed by atoms with Crippen LogP contribution in [0, 0.1) is 5.82 Å². The normalized spacial score (nSPS) is 20.4. The number of benzene rings is 1. The molecule has 1 N–H and O–H groups in total. The second-order valence-corrected chi connectivity index (χ2v) is 6.89. The van der Waals surface area contributed by atoms with Gasteiger partial charge in [-0.1, -0.05) is 42.6 Å². The van der Waals surface area contributed by atoms with Crippen LogP contribution >= 0.6 is 0 Å². The van der Waals surface area contributed by atoms with Crippen molar-refractivity contribution in [3.63, 3.8) is 0 Å². The zero-order chi connectivity index (χ0) is 15.7. The van der Waals surface area contributed by atoms with Crippen LogP contribution in [0.4, 0.5) is 10.4 Å². The second kappa shape index (κ2) is 5.95. The van der Waals surface area contributed by atoms with Gasteiger partial charge in [0.05, 0.1) is 0 Å². The van der Waals surface area contributed by atoms with Crippen LogP contribution in [0.3, 0.4) is 0 Å². The van der Waals surface area contributed by atoms with Crippen molar-refractivity contribution < 1.29 is 8.81 Å². The number of aromatic nitrogens is 2. The molecule has 0 spiro atoms. The first kappa shape index (κ1) is 14.7. The molecule has 2 aliphatic carbocycles. The molecule has 4 rings (SSSR count). The van der Waals surface area contributed by atoms with E-state index in [0.29, 0.717) is 18.5 Å². The first-order valence-corrected chi connectivity index (χ1v) is 8.59. The van der Waals surface area contributed by atoms with Crippen LogP contribution in [0.1, 0.15) is 62.3 Å². The molecule has 0 aliphatic heterocycles. The molecule has 5 heteroatoms. The van der Waals surface area contributed by atoms with Gasteiger partial charge in [-0.3, -0.25) is 0 Å². The summed E-state index contributed by atoms with van der Waals surface area (Å²) in [6.07, 6.45) is 7.77. The molecule has 23 heavy (non-hydrogen) atoms. The summed E-state index contributed by atoms with van der Waals surface area (Å²) in [6, 6.07) is 7.60. The van der Waals surface area contributed by atoms with Gasteiger partial charge in [0.1, 0.15) is 5.82 Å². The standard InChI is InChI=1S/C18H22FN3O/c19-15-9-2-1-8-14(15)18(10-3-4-11-18)12-20-17-22-21-16(23-17)13-6-5-7-13/h1-2,8-9,13H,3-7,10-12H2,(H,20,22). The Kier molecular flexibility index (Phi) is 3.79. The van der Waals surface area contributed by atoms with Crippen LogP contribution in [0.2, 0.25) is 0 Å². The summed E-state index contributed by atoms with van der Waals surface area (Å²) in [7, 11) is 0. The zero-order valence-corrected chi connectivity index (χ0v) is 13.2. The summed E-state index contributed by atoms with van der Waals surface area (Å²) in [6.45, 7) is 0.639. The maximum atomic E-state index is 14.3. The van der Waals surface area contributed by atoms with Crippen molar-refractivity contribution >= 4 is 6.01 Å². The lowest BCUT2D eigenvalue weighted by atomic mass is 9.78. The molecule has 1 heterocycles. The molecule has 4 nitrogen and oxygen atoms in total. The van der Waals surface area contributed by atoms with Crippen LogP contribution in [-0.2, 0) is 5.41 Å². The summed E-state index contributed by atoms with van der Waals surface area (Å²) in [5, 5.41) is 11.5. The molecule has 2 aliphatic rings. The number of nitrogens with zero attached hydrogens (tertiary/aromatic N) is 2. The molecule has 0 atom stereocenters. The SMILES string of the molecule is Fc1ccccc1C1(CNc2nnc(C3CCC3)o2)CCCC1. The van der Waals surface area contributed by atoms with E-state index in [4.69, 9.17) is 4.42 Å². The van der Waals surface area contributed by atoms with E-state index < -0.39 is 0 Å². The first-order valence-electron chi connectivity index (χ1n) is 8.59. The number of halogens is 1. The van der Waals surface area contributed by atoms with Gasteiger partial charge < -0.3 is 9.73 Å². The highest BCUT2D eigenvalue weighted by Crippen LogP contribution is 2.42. The lowest BCUT2D eigenvalue weighted by Crippen LogP contribution is -2.32. The van der Waals surface area contributed by atoms with Gasteiger partial charge in [0.2, 0.25) is 5.89 Å². The average molecular weight is 315 g/mol. The van der Waals surface area contributed by atoms with Crippen molar-refractivity contribution in [3.8, 4) is 0 Å². The van der Waals surface area contributed by atoms with Gasteiger partial charge in [-0.2, -0.15) is 0 Å². The highest BCUT2D eigenvalue weighted by Gasteiger charge is 2.38. The van der Waals surface area contributed by atoms with Crippen molar-refractivity contribution in [1.82, 2.24) is 10.2 Å². The Morgan fingerprint density at radius 2 is 1.91 bits per heavy atom. The van der Waals surface area contributed by atoms with Crippen LogP contribution in [0.5, 0.6) is 0 Å². The topological polar surface area (TPSA) is 51.0 Å². The summed E-state index contributed by atoms with van der Waals surface area (Å²) >= 11 is 0. The highest BCUT2D eigenvalue weighted by molar-refractivity contribution is 5.32. The second-order valence-electron chi connectivity index (χ2n) is 6.89. The van der Waals surface area contributed by atoms with E-state index in [-0.39, 0.29) is 11.2 Å². The van der Waals surface area contributed by atoms with Crippen LogP contribution in [0.25, 0.3) is 0 Å². The number of anilines is 1. The third-order valence-corrected chi connectivity index (χ3v) is 5.48. The minimum atomic E-state index is -0.170. The Labute approximate surface area is 135 Å². The molecule has 2 fully saturated rings. The van der Waals surface area contributed by atoms with E-state index in [9.17, 15) is 4.39 Å². The third kappa shape index (κ3) is 2.73. The van der Waals surface area contributed by atoms with Gasteiger partial charge >= 0.3 is 6.01 Å². The Bertz CT molecular complexity index is 674. The number of nitrogens with one attached hydrogen (secondary N) is 1. The molecule has 0 saturated heterocycles. The predicted molar refractivity (Wildman–Crippen MR) is 85.9 cm³/mol. The van der Waals surface area contributed by atoms with E-state index in [2.05, 4.69) is 15.5 Å². The molecule has 1 aromatic heterocycles. The Balaban J connectivity index is 1.50. The zero-order valence-electron chi connectivity index (χ0n) is 13.2. The fourth-order valence-corrected chi connectivity index (χ4v) is 3.86. The van der Waals surface area contributed by atoms with Gasteiger partial charge in [-0.05, 0) is 37.3 Å². The Morgan fingerprint density at radius 3 is 2.61 bits per heavy atom. The maximum absolute atomic E-state index is 14.3. The molecular weight excluding hydrogens is 293 g/mol. The summed E-state index contributed by atoms with van der Waals surface area (Å²) in [5.41, 5.74) is 0.639. The first-order chi connectivity index (χ1) is 11.3. The summed E-state index contributed by atoms with van der Waals surface area (Å²) < 4.78 is 20.0. The monoisotopic (exact) mass is 315 g/mol. The molecule has 2 aromatic rings. The molecular formula is C18H22FN3O.